The van der Waals surface area contributed by atoms with E-state index in [-0.39, 0.29) is 0 Å². The molecule has 6 nitrogen and oxygen atoms in total. The number of nitriles is 1. The molecule has 2 aromatic carbocycles. The number of ether oxygens (including phenoxy) is 2. The molecule has 2 atom stereocenters. The number of aryl methyl sites for hydroxylation is 1. The molecule has 2 rings (SSSR count). The van der Waals surface area contributed by atoms with Crippen LogP contribution in [-0.2, 0) is 14.3 Å². The highest BCUT2D eigenvalue weighted by atomic mass is 16.6. The molecule has 0 aliphatic rings. The molecule has 0 heterocycles. The van der Waals surface area contributed by atoms with Crippen molar-refractivity contribution in [2.45, 2.75) is 33.0 Å². The molecular weight excluding hydrogens is 332 g/mol. The third-order valence-corrected chi connectivity index (χ3v) is 3.60. The minimum Gasteiger partial charge on any atom is -0.479 e. The molecule has 0 saturated heterocycles. The first-order valence-electron chi connectivity index (χ1n) is 8.14. The normalized spacial score (nSPS) is 12.4. The molecule has 0 fully saturated rings. The summed E-state index contributed by atoms with van der Waals surface area (Å²) in [7, 11) is 0. The molecule has 26 heavy (non-hydrogen) atoms. The molecule has 0 spiro atoms. The van der Waals surface area contributed by atoms with E-state index in [1.807, 2.05) is 25.1 Å². The van der Waals surface area contributed by atoms with Gasteiger partial charge in [0, 0.05) is 0 Å². The van der Waals surface area contributed by atoms with Crippen LogP contribution in [0.5, 0.6) is 5.75 Å². The van der Waals surface area contributed by atoms with Crippen LogP contribution in [0.4, 0.5) is 5.69 Å². The van der Waals surface area contributed by atoms with E-state index in [4.69, 9.17) is 14.7 Å². The zero-order valence-corrected chi connectivity index (χ0v) is 14.9. The highest BCUT2D eigenvalue weighted by Gasteiger charge is 2.23. The predicted octanol–water partition coefficient (Wildman–Crippen LogP) is 3.20. The Morgan fingerprint density at radius 3 is 2.50 bits per heavy atom. The van der Waals surface area contributed by atoms with Crippen molar-refractivity contribution in [3.05, 3.63) is 59.7 Å². The van der Waals surface area contributed by atoms with Gasteiger partial charge in [-0.15, -0.1) is 0 Å². The van der Waals surface area contributed by atoms with Gasteiger partial charge in [0.25, 0.3) is 5.91 Å². The highest BCUT2D eigenvalue weighted by molar-refractivity contribution is 5.96. The van der Waals surface area contributed by atoms with Crippen molar-refractivity contribution in [2.75, 3.05) is 5.32 Å². The van der Waals surface area contributed by atoms with Crippen LogP contribution < -0.4 is 10.1 Å². The second-order valence-corrected chi connectivity index (χ2v) is 5.80. The Hall–Kier alpha value is -3.33. The Labute approximate surface area is 152 Å². The van der Waals surface area contributed by atoms with Crippen LogP contribution in [0.2, 0.25) is 0 Å². The Balaban J connectivity index is 1.93. The van der Waals surface area contributed by atoms with Crippen molar-refractivity contribution >= 4 is 17.6 Å². The van der Waals surface area contributed by atoms with Gasteiger partial charge in [-0.05, 0) is 50.6 Å². The summed E-state index contributed by atoms with van der Waals surface area (Å²) in [5.41, 5.74) is 1.70. The SMILES string of the molecule is Cc1cccc(O[C@@H](C)C(=O)O[C@@H](C)C(=O)Nc2ccccc2C#N)c1. The first-order valence-corrected chi connectivity index (χ1v) is 8.14. The lowest BCUT2D eigenvalue weighted by Crippen LogP contribution is -2.35. The number of amides is 1. The van der Waals surface area contributed by atoms with Gasteiger partial charge >= 0.3 is 5.97 Å². The molecule has 134 valence electrons. The summed E-state index contributed by atoms with van der Waals surface area (Å²) in [4.78, 5) is 24.3. The highest BCUT2D eigenvalue weighted by Crippen LogP contribution is 2.16. The lowest BCUT2D eigenvalue weighted by Gasteiger charge is -2.18. The molecule has 0 aliphatic heterocycles. The van der Waals surface area contributed by atoms with Crippen molar-refractivity contribution in [1.82, 2.24) is 0 Å². The molecular formula is C20H20N2O4. The van der Waals surface area contributed by atoms with Gasteiger partial charge < -0.3 is 14.8 Å². The molecule has 6 heteroatoms. The zero-order valence-electron chi connectivity index (χ0n) is 14.9. The summed E-state index contributed by atoms with van der Waals surface area (Å²) >= 11 is 0. The van der Waals surface area contributed by atoms with Crippen molar-refractivity contribution < 1.29 is 19.1 Å². The van der Waals surface area contributed by atoms with Crippen molar-refractivity contribution in [2.24, 2.45) is 0 Å². The van der Waals surface area contributed by atoms with E-state index in [0.29, 0.717) is 17.0 Å². The van der Waals surface area contributed by atoms with Crippen LogP contribution in [0.1, 0.15) is 25.0 Å². The number of rotatable bonds is 6. The zero-order chi connectivity index (χ0) is 19.1. The maximum absolute atomic E-state index is 12.2. The second-order valence-electron chi connectivity index (χ2n) is 5.80. The van der Waals surface area contributed by atoms with Gasteiger partial charge in [0.05, 0.1) is 11.3 Å². The van der Waals surface area contributed by atoms with E-state index in [2.05, 4.69) is 5.32 Å². The molecule has 0 aromatic heterocycles. The molecule has 0 saturated carbocycles. The predicted molar refractivity (Wildman–Crippen MR) is 96.6 cm³/mol. The summed E-state index contributed by atoms with van der Waals surface area (Å²) < 4.78 is 10.7. The van der Waals surface area contributed by atoms with Crippen molar-refractivity contribution in [3.8, 4) is 11.8 Å². The third kappa shape index (κ3) is 5.08. The number of para-hydroxylation sites is 1. The van der Waals surface area contributed by atoms with E-state index >= 15 is 0 Å². The van der Waals surface area contributed by atoms with Crippen LogP contribution in [0.3, 0.4) is 0 Å². The number of carbonyl (C=O) groups excluding carboxylic acids is 2. The lowest BCUT2D eigenvalue weighted by atomic mass is 10.2. The summed E-state index contributed by atoms with van der Waals surface area (Å²) in [5, 5.41) is 11.6. The minimum atomic E-state index is -1.03. The van der Waals surface area contributed by atoms with Crippen molar-refractivity contribution in [3.63, 3.8) is 0 Å². The monoisotopic (exact) mass is 352 g/mol. The van der Waals surface area contributed by atoms with E-state index in [1.165, 1.54) is 6.92 Å². The molecule has 0 bridgehead atoms. The summed E-state index contributed by atoms with van der Waals surface area (Å²) in [6.07, 6.45) is -1.89. The Morgan fingerprint density at radius 1 is 1.08 bits per heavy atom. The van der Waals surface area contributed by atoms with Gasteiger partial charge in [-0.1, -0.05) is 24.3 Å². The number of nitrogens with zero attached hydrogens (tertiary/aromatic N) is 1. The average molecular weight is 352 g/mol. The second kappa shape index (κ2) is 8.67. The average Bonchev–Trinajstić information content (AvgIpc) is 2.62. The summed E-state index contributed by atoms with van der Waals surface area (Å²) in [5.74, 6) is -0.624. The lowest BCUT2D eigenvalue weighted by molar-refractivity contribution is -0.159. The number of anilines is 1. The van der Waals surface area contributed by atoms with Crippen LogP contribution in [0.25, 0.3) is 0 Å². The number of benzene rings is 2. The number of hydrogen-bond donors (Lipinski definition) is 1. The summed E-state index contributed by atoms with van der Waals surface area (Å²) in [6.45, 7) is 4.93. The van der Waals surface area contributed by atoms with Gasteiger partial charge in [0.2, 0.25) is 0 Å². The fourth-order valence-electron chi connectivity index (χ4n) is 2.19. The number of carbonyl (C=O) groups is 2. The minimum absolute atomic E-state index is 0.329. The Bertz CT molecular complexity index is 842. The fraction of sp³-hybridized carbons (Fsp3) is 0.250. The first kappa shape index (κ1) is 19.0. The molecule has 0 radical (unpaired) electrons. The van der Waals surface area contributed by atoms with Crippen molar-refractivity contribution in [1.29, 1.82) is 5.26 Å². The standard InChI is InChI=1S/C20H20N2O4/c1-13-7-6-9-17(11-13)25-15(3)20(24)26-14(2)19(23)22-18-10-5-4-8-16(18)12-21/h4-11,14-15H,1-3H3,(H,22,23)/t14-,15-/m0/s1. The maximum atomic E-state index is 12.2. The number of esters is 1. The van der Waals surface area contributed by atoms with Crippen LogP contribution in [0, 0.1) is 18.3 Å². The first-order chi connectivity index (χ1) is 12.4. The van der Waals surface area contributed by atoms with Gasteiger partial charge in [-0.3, -0.25) is 4.79 Å². The molecule has 1 N–H and O–H groups in total. The smallest absolute Gasteiger partial charge is 0.347 e. The number of nitrogens with one attached hydrogen (secondary N) is 1. The third-order valence-electron chi connectivity index (χ3n) is 3.60. The molecule has 0 aliphatic carbocycles. The largest absolute Gasteiger partial charge is 0.479 e. The van der Waals surface area contributed by atoms with E-state index in [0.717, 1.165) is 5.56 Å². The number of hydrogen-bond acceptors (Lipinski definition) is 5. The molecule has 2 aromatic rings. The van der Waals surface area contributed by atoms with Gasteiger partial charge in [-0.25, -0.2) is 4.79 Å². The van der Waals surface area contributed by atoms with Crippen LogP contribution >= 0.6 is 0 Å². The molecule has 0 unspecified atom stereocenters. The molecule has 1 amide bonds. The van der Waals surface area contributed by atoms with Crippen LogP contribution in [0.15, 0.2) is 48.5 Å². The van der Waals surface area contributed by atoms with E-state index in [1.54, 1.807) is 43.3 Å². The Morgan fingerprint density at radius 2 is 1.81 bits per heavy atom. The van der Waals surface area contributed by atoms with Crippen LogP contribution in [-0.4, -0.2) is 24.1 Å². The maximum Gasteiger partial charge on any atom is 0.347 e. The van der Waals surface area contributed by atoms with E-state index in [9.17, 15) is 9.59 Å². The van der Waals surface area contributed by atoms with Gasteiger partial charge in [0.1, 0.15) is 11.8 Å². The summed E-state index contributed by atoms with van der Waals surface area (Å²) in [6, 6.07) is 15.9. The van der Waals surface area contributed by atoms with Gasteiger partial charge in [-0.2, -0.15) is 5.26 Å². The topological polar surface area (TPSA) is 88.4 Å². The fourth-order valence-corrected chi connectivity index (χ4v) is 2.19. The van der Waals surface area contributed by atoms with E-state index < -0.39 is 24.1 Å². The Kier molecular flexibility index (Phi) is 6.34. The van der Waals surface area contributed by atoms with Gasteiger partial charge in [0.15, 0.2) is 12.2 Å². The quantitative estimate of drug-likeness (QED) is 0.807.